The smallest absolute Gasteiger partial charge is 0.263 e. The lowest BCUT2D eigenvalue weighted by molar-refractivity contribution is 0.600. The number of nitrogens with one attached hydrogen (secondary N) is 1. The molecule has 0 saturated heterocycles. The average Bonchev–Trinajstić information content (AvgIpc) is 2.62. The van der Waals surface area contributed by atoms with Gasteiger partial charge in [-0.05, 0) is 37.6 Å². The van der Waals surface area contributed by atoms with Crippen LogP contribution in [0.15, 0.2) is 29.3 Å². The van der Waals surface area contributed by atoms with Crippen molar-refractivity contribution >= 4 is 32.2 Å². The summed E-state index contributed by atoms with van der Waals surface area (Å²) in [7, 11) is -3.61. The van der Waals surface area contributed by atoms with Crippen molar-refractivity contribution in [1.29, 1.82) is 0 Å². The molecule has 0 aliphatic carbocycles. The second-order valence-corrected chi connectivity index (χ2v) is 6.79. The topological polar surface area (TPSA) is 85.1 Å². The van der Waals surface area contributed by atoms with E-state index < -0.39 is 10.0 Å². The molecule has 0 aliphatic rings. The van der Waals surface area contributed by atoms with E-state index in [-0.39, 0.29) is 4.90 Å². The molecular weight excluding hydrogens is 270 g/mol. The summed E-state index contributed by atoms with van der Waals surface area (Å²) in [6.07, 6.45) is 1.62. The number of hydrogen-bond donors (Lipinski definition) is 2. The number of nitrogens with zero attached hydrogens (tertiary/aromatic N) is 1. The van der Waals surface area contributed by atoms with Crippen LogP contribution in [0.3, 0.4) is 0 Å². The highest BCUT2D eigenvalue weighted by Crippen LogP contribution is 2.23. The van der Waals surface area contributed by atoms with Gasteiger partial charge in [0.15, 0.2) is 5.13 Å². The van der Waals surface area contributed by atoms with Gasteiger partial charge in [0.2, 0.25) is 0 Å². The second-order valence-electron chi connectivity index (χ2n) is 3.91. The molecule has 0 radical (unpaired) electrons. The van der Waals surface area contributed by atoms with E-state index in [1.807, 2.05) is 6.92 Å². The number of aryl methyl sites for hydroxylation is 2. The minimum Gasteiger partial charge on any atom is -0.399 e. The standard InChI is InChI=1S/C11H13N3O2S2/c1-7-5-9(12)3-4-10(7)18(15,16)14-11-13-6-8(2)17-11/h3-6H,12H2,1-2H3,(H,13,14). The van der Waals surface area contributed by atoms with Crippen LogP contribution < -0.4 is 10.5 Å². The van der Waals surface area contributed by atoms with Crippen molar-refractivity contribution in [3.8, 4) is 0 Å². The van der Waals surface area contributed by atoms with Crippen LogP contribution in [0.2, 0.25) is 0 Å². The predicted molar refractivity (Wildman–Crippen MR) is 73.3 cm³/mol. The highest BCUT2D eigenvalue weighted by molar-refractivity contribution is 7.93. The van der Waals surface area contributed by atoms with Crippen molar-refractivity contribution in [2.75, 3.05) is 10.5 Å². The van der Waals surface area contributed by atoms with Crippen molar-refractivity contribution in [2.45, 2.75) is 18.7 Å². The molecule has 18 heavy (non-hydrogen) atoms. The molecule has 0 saturated carbocycles. The van der Waals surface area contributed by atoms with E-state index in [9.17, 15) is 8.42 Å². The number of nitrogen functional groups attached to an aromatic ring is 1. The number of rotatable bonds is 3. The van der Waals surface area contributed by atoms with E-state index in [2.05, 4.69) is 9.71 Å². The Balaban J connectivity index is 2.36. The summed E-state index contributed by atoms with van der Waals surface area (Å²) in [6, 6.07) is 4.68. The van der Waals surface area contributed by atoms with Crippen molar-refractivity contribution in [2.24, 2.45) is 0 Å². The molecular formula is C11H13N3O2S2. The fourth-order valence-corrected chi connectivity index (χ4v) is 3.68. The van der Waals surface area contributed by atoms with Crippen LogP contribution in [-0.2, 0) is 10.0 Å². The summed E-state index contributed by atoms with van der Waals surface area (Å²) in [5.41, 5.74) is 6.75. The highest BCUT2D eigenvalue weighted by atomic mass is 32.2. The molecule has 5 nitrogen and oxygen atoms in total. The lowest BCUT2D eigenvalue weighted by atomic mass is 10.2. The molecule has 0 aliphatic heterocycles. The van der Waals surface area contributed by atoms with Gasteiger partial charge in [0.1, 0.15) is 0 Å². The largest absolute Gasteiger partial charge is 0.399 e. The Morgan fingerprint density at radius 3 is 2.61 bits per heavy atom. The van der Waals surface area contributed by atoms with E-state index in [1.54, 1.807) is 25.3 Å². The monoisotopic (exact) mass is 283 g/mol. The van der Waals surface area contributed by atoms with Gasteiger partial charge < -0.3 is 5.73 Å². The van der Waals surface area contributed by atoms with Gasteiger partial charge in [0.05, 0.1) is 4.90 Å². The summed E-state index contributed by atoms with van der Waals surface area (Å²) in [4.78, 5) is 5.14. The second kappa shape index (κ2) is 4.58. The Labute approximate surface area is 110 Å². The fourth-order valence-electron chi connectivity index (χ4n) is 1.55. The molecule has 0 fully saturated rings. The summed E-state index contributed by atoms with van der Waals surface area (Å²) < 4.78 is 26.8. The summed E-state index contributed by atoms with van der Waals surface area (Å²) in [5, 5.41) is 0.365. The van der Waals surface area contributed by atoms with Crippen LogP contribution in [-0.4, -0.2) is 13.4 Å². The quantitative estimate of drug-likeness (QED) is 0.845. The van der Waals surface area contributed by atoms with Crippen LogP contribution in [0.25, 0.3) is 0 Å². The number of aromatic nitrogens is 1. The van der Waals surface area contributed by atoms with E-state index in [1.165, 1.54) is 17.4 Å². The Morgan fingerprint density at radius 1 is 1.33 bits per heavy atom. The first-order valence-corrected chi connectivity index (χ1v) is 7.50. The molecule has 3 N–H and O–H groups in total. The number of thiazole rings is 1. The SMILES string of the molecule is Cc1cnc(NS(=O)(=O)c2ccc(N)cc2C)s1. The number of sulfonamides is 1. The molecule has 1 aromatic heterocycles. The van der Waals surface area contributed by atoms with Gasteiger partial charge >= 0.3 is 0 Å². The van der Waals surface area contributed by atoms with Crippen LogP contribution in [0.5, 0.6) is 0 Å². The Bertz CT molecular complexity index is 677. The molecule has 0 spiro atoms. The third kappa shape index (κ3) is 2.62. The van der Waals surface area contributed by atoms with Gasteiger partial charge in [-0.1, -0.05) is 0 Å². The van der Waals surface area contributed by atoms with Crippen LogP contribution >= 0.6 is 11.3 Å². The van der Waals surface area contributed by atoms with Gasteiger partial charge in [0.25, 0.3) is 10.0 Å². The van der Waals surface area contributed by atoms with Gasteiger partial charge in [-0.3, -0.25) is 4.72 Å². The zero-order valence-corrected chi connectivity index (χ0v) is 11.6. The fraction of sp³-hybridized carbons (Fsp3) is 0.182. The third-order valence-electron chi connectivity index (χ3n) is 2.33. The number of nitrogens with two attached hydrogens (primary N) is 1. The van der Waals surface area contributed by atoms with Gasteiger partial charge in [-0.25, -0.2) is 13.4 Å². The molecule has 0 bridgehead atoms. The first-order chi connectivity index (χ1) is 8.38. The predicted octanol–water partition coefficient (Wildman–Crippen LogP) is 2.14. The maximum absolute atomic E-state index is 12.2. The van der Waals surface area contributed by atoms with Crippen molar-refractivity contribution in [3.05, 3.63) is 34.8 Å². The number of anilines is 2. The normalized spacial score (nSPS) is 11.4. The molecule has 96 valence electrons. The molecule has 1 aromatic carbocycles. The minimum absolute atomic E-state index is 0.213. The Kier molecular flexibility index (Phi) is 3.27. The van der Waals surface area contributed by atoms with E-state index in [0.29, 0.717) is 16.4 Å². The van der Waals surface area contributed by atoms with Crippen LogP contribution in [0.1, 0.15) is 10.4 Å². The zero-order valence-electron chi connectivity index (χ0n) is 9.97. The first kappa shape index (κ1) is 12.8. The summed E-state index contributed by atoms with van der Waals surface area (Å²) in [6.45, 7) is 3.57. The van der Waals surface area contributed by atoms with E-state index >= 15 is 0 Å². The minimum atomic E-state index is -3.61. The molecule has 0 unspecified atom stereocenters. The molecule has 2 aromatic rings. The van der Waals surface area contributed by atoms with Crippen molar-refractivity contribution in [3.63, 3.8) is 0 Å². The number of benzene rings is 1. The van der Waals surface area contributed by atoms with Gasteiger partial charge in [-0.15, -0.1) is 11.3 Å². The van der Waals surface area contributed by atoms with Gasteiger partial charge in [-0.2, -0.15) is 0 Å². The first-order valence-electron chi connectivity index (χ1n) is 5.20. The molecule has 2 rings (SSSR count). The van der Waals surface area contributed by atoms with Crippen molar-refractivity contribution in [1.82, 2.24) is 4.98 Å². The van der Waals surface area contributed by atoms with Gasteiger partial charge in [0, 0.05) is 16.8 Å². The molecule has 1 heterocycles. The summed E-state index contributed by atoms with van der Waals surface area (Å²) >= 11 is 1.29. The van der Waals surface area contributed by atoms with Crippen molar-refractivity contribution < 1.29 is 8.42 Å². The van der Waals surface area contributed by atoms with E-state index in [0.717, 1.165) is 4.88 Å². The maximum Gasteiger partial charge on any atom is 0.263 e. The number of hydrogen-bond acceptors (Lipinski definition) is 5. The Hall–Kier alpha value is -1.60. The van der Waals surface area contributed by atoms with Crippen LogP contribution in [0, 0.1) is 13.8 Å². The molecule has 0 atom stereocenters. The Morgan fingerprint density at radius 2 is 2.06 bits per heavy atom. The highest BCUT2D eigenvalue weighted by Gasteiger charge is 2.18. The lowest BCUT2D eigenvalue weighted by Crippen LogP contribution is -2.14. The van der Waals surface area contributed by atoms with E-state index in [4.69, 9.17) is 5.73 Å². The van der Waals surface area contributed by atoms with Crippen LogP contribution in [0.4, 0.5) is 10.8 Å². The summed E-state index contributed by atoms with van der Waals surface area (Å²) in [5.74, 6) is 0. The average molecular weight is 283 g/mol. The molecule has 0 amide bonds. The molecule has 7 heteroatoms. The lowest BCUT2D eigenvalue weighted by Gasteiger charge is -2.08. The zero-order chi connectivity index (χ0) is 13.3. The maximum atomic E-state index is 12.2. The third-order valence-corrected chi connectivity index (χ3v) is 4.79.